The van der Waals surface area contributed by atoms with Crippen molar-refractivity contribution >= 4 is 0 Å². The number of piperazine rings is 1. The van der Waals surface area contributed by atoms with Crippen molar-refractivity contribution in [2.75, 3.05) is 20.1 Å². The van der Waals surface area contributed by atoms with Gasteiger partial charge in [0.15, 0.2) is 0 Å². The van der Waals surface area contributed by atoms with Crippen molar-refractivity contribution in [2.45, 2.75) is 32.9 Å². The highest BCUT2D eigenvalue weighted by molar-refractivity contribution is 5.06. The summed E-state index contributed by atoms with van der Waals surface area (Å²) in [5, 5.41) is 0. The molecule has 1 unspecified atom stereocenters. The predicted molar refractivity (Wildman–Crippen MR) is 53.1 cm³/mol. The van der Waals surface area contributed by atoms with E-state index in [1.54, 1.807) is 0 Å². The number of likely N-dealkylation sites (N-methyl/N-ethyl adjacent to an activating group) is 1. The molecule has 0 aromatic heterocycles. The van der Waals surface area contributed by atoms with E-state index < -0.39 is 0 Å². The van der Waals surface area contributed by atoms with Crippen molar-refractivity contribution in [3.8, 4) is 0 Å². The lowest BCUT2D eigenvalue weighted by atomic mass is 10.1. The monoisotopic (exact) mass is 168 g/mol. The first-order chi connectivity index (χ1) is 5.54. The fourth-order valence-electron chi connectivity index (χ4n) is 1.82. The van der Waals surface area contributed by atoms with Crippen LogP contribution in [0.4, 0.5) is 0 Å². The summed E-state index contributed by atoms with van der Waals surface area (Å²) in [6, 6.07) is 1.13. The maximum Gasteiger partial charge on any atom is 0.0466 e. The van der Waals surface area contributed by atoms with Gasteiger partial charge in [0.1, 0.15) is 0 Å². The van der Waals surface area contributed by atoms with Gasteiger partial charge in [-0.05, 0) is 20.8 Å². The van der Waals surface area contributed by atoms with E-state index in [4.69, 9.17) is 0 Å². The van der Waals surface area contributed by atoms with E-state index in [9.17, 15) is 0 Å². The van der Waals surface area contributed by atoms with E-state index in [0.29, 0.717) is 12.1 Å². The molecule has 0 aromatic rings. The van der Waals surface area contributed by atoms with Gasteiger partial charge in [0.25, 0.3) is 0 Å². The van der Waals surface area contributed by atoms with Crippen LogP contribution in [0.15, 0.2) is 12.3 Å². The Labute approximate surface area is 75.8 Å². The van der Waals surface area contributed by atoms with Gasteiger partial charge in [-0.25, -0.2) is 0 Å². The van der Waals surface area contributed by atoms with Crippen molar-refractivity contribution in [3.05, 3.63) is 12.3 Å². The van der Waals surface area contributed by atoms with Gasteiger partial charge in [0.2, 0.25) is 0 Å². The number of rotatable bonds is 1. The molecule has 1 rings (SSSR count). The Morgan fingerprint density at radius 2 is 2.00 bits per heavy atom. The lowest BCUT2D eigenvalue weighted by molar-refractivity contribution is 0.113. The molecular formula is C10H20N2. The lowest BCUT2D eigenvalue weighted by Gasteiger charge is -2.43. The Bertz CT molecular complexity index is 175. The Kier molecular flexibility index (Phi) is 2.78. The van der Waals surface area contributed by atoms with Gasteiger partial charge in [-0.3, -0.25) is 4.90 Å². The molecule has 1 fully saturated rings. The molecule has 0 aromatic carbocycles. The van der Waals surface area contributed by atoms with Crippen LogP contribution in [0.1, 0.15) is 20.8 Å². The van der Waals surface area contributed by atoms with Crippen LogP contribution >= 0.6 is 0 Å². The SMILES string of the molecule is C=C1C(C)N(C(C)C)CCN1C. The van der Waals surface area contributed by atoms with Gasteiger partial charge in [-0.1, -0.05) is 6.58 Å². The van der Waals surface area contributed by atoms with E-state index in [0.717, 1.165) is 13.1 Å². The van der Waals surface area contributed by atoms with E-state index in [2.05, 4.69) is 44.2 Å². The van der Waals surface area contributed by atoms with Crippen LogP contribution in [0.25, 0.3) is 0 Å². The van der Waals surface area contributed by atoms with Gasteiger partial charge in [0, 0.05) is 37.9 Å². The van der Waals surface area contributed by atoms with Crippen molar-refractivity contribution in [3.63, 3.8) is 0 Å². The van der Waals surface area contributed by atoms with E-state index in [-0.39, 0.29) is 0 Å². The first kappa shape index (κ1) is 9.59. The summed E-state index contributed by atoms with van der Waals surface area (Å²) in [6.45, 7) is 13.1. The third-order valence-corrected chi connectivity index (χ3v) is 2.83. The van der Waals surface area contributed by atoms with Gasteiger partial charge in [-0.15, -0.1) is 0 Å². The van der Waals surface area contributed by atoms with E-state index >= 15 is 0 Å². The summed E-state index contributed by atoms with van der Waals surface area (Å²) in [5.74, 6) is 0. The summed E-state index contributed by atoms with van der Waals surface area (Å²) < 4.78 is 0. The fraction of sp³-hybridized carbons (Fsp3) is 0.800. The highest BCUT2D eigenvalue weighted by Crippen LogP contribution is 2.19. The van der Waals surface area contributed by atoms with Crippen LogP contribution in [0, 0.1) is 0 Å². The van der Waals surface area contributed by atoms with Crippen molar-refractivity contribution in [1.82, 2.24) is 9.80 Å². The predicted octanol–water partition coefficient (Wildman–Crippen LogP) is 1.54. The maximum absolute atomic E-state index is 4.09. The van der Waals surface area contributed by atoms with Gasteiger partial charge < -0.3 is 4.90 Å². The number of nitrogens with zero attached hydrogens (tertiary/aromatic N) is 2. The standard InChI is InChI=1S/C10H20N2/c1-8(2)12-7-6-11(5)9(3)10(12)4/h8,10H,3,6-7H2,1-2,4-5H3. The smallest absolute Gasteiger partial charge is 0.0466 e. The molecule has 1 atom stereocenters. The molecule has 1 aliphatic rings. The second-order valence-corrected chi connectivity index (χ2v) is 3.92. The molecule has 2 nitrogen and oxygen atoms in total. The number of hydrogen-bond acceptors (Lipinski definition) is 2. The topological polar surface area (TPSA) is 6.48 Å². The highest BCUT2D eigenvalue weighted by atomic mass is 15.3. The van der Waals surface area contributed by atoms with Crippen LogP contribution in [0.3, 0.4) is 0 Å². The zero-order valence-corrected chi connectivity index (χ0v) is 8.67. The molecule has 0 saturated carbocycles. The minimum atomic E-state index is 0.503. The summed E-state index contributed by atoms with van der Waals surface area (Å²) in [4.78, 5) is 4.74. The quantitative estimate of drug-likeness (QED) is 0.586. The van der Waals surface area contributed by atoms with E-state index in [1.807, 2.05) is 0 Å². The highest BCUT2D eigenvalue weighted by Gasteiger charge is 2.25. The molecule has 0 spiro atoms. The summed E-state index contributed by atoms with van der Waals surface area (Å²) in [6.07, 6.45) is 0. The van der Waals surface area contributed by atoms with Crippen LogP contribution in [0.5, 0.6) is 0 Å². The van der Waals surface area contributed by atoms with Crippen molar-refractivity contribution in [2.24, 2.45) is 0 Å². The van der Waals surface area contributed by atoms with E-state index in [1.165, 1.54) is 5.70 Å². The lowest BCUT2D eigenvalue weighted by Crippen LogP contribution is -2.51. The van der Waals surface area contributed by atoms with Crippen molar-refractivity contribution < 1.29 is 0 Å². The molecule has 0 radical (unpaired) electrons. The summed E-state index contributed by atoms with van der Waals surface area (Å²) in [7, 11) is 2.12. The van der Waals surface area contributed by atoms with Gasteiger partial charge in [-0.2, -0.15) is 0 Å². The molecule has 0 N–H and O–H groups in total. The minimum absolute atomic E-state index is 0.503. The minimum Gasteiger partial charge on any atom is -0.376 e. The first-order valence-corrected chi connectivity index (χ1v) is 4.69. The third-order valence-electron chi connectivity index (χ3n) is 2.83. The van der Waals surface area contributed by atoms with Crippen LogP contribution in [0.2, 0.25) is 0 Å². The molecule has 70 valence electrons. The van der Waals surface area contributed by atoms with Crippen LogP contribution < -0.4 is 0 Å². The third kappa shape index (κ3) is 1.63. The van der Waals surface area contributed by atoms with Crippen LogP contribution in [-0.2, 0) is 0 Å². The van der Waals surface area contributed by atoms with Gasteiger partial charge >= 0.3 is 0 Å². The molecule has 12 heavy (non-hydrogen) atoms. The Hall–Kier alpha value is -0.500. The average molecular weight is 168 g/mol. The second kappa shape index (κ2) is 3.48. The first-order valence-electron chi connectivity index (χ1n) is 4.69. The summed E-state index contributed by atoms with van der Waals surface area (Å²) >= 11 is 0. The Morgan fingerprint density at radius 1 is 1.42 bits per heavy atom. The van der Waals surface area contributed by atoms with Crippen molar-refractivity contribution in [1.29, 1.82) is 0 Å². The Morgan fingerprint density at radius 3 is 2.50 bits per heavy atom. The molecule has 1 heterocycles. The van der Waals surface area contributed by atoms with Gasteiger partial charge in [0.05, 0.1) is 0 Å². The number of hydrogen-bond donors (Lipinski definition) is 0. The second-order valence-electron chi connectivity index (χ2n) is 3.92. The molecule has 1 aliphatic heterocycles. The normalized spacial score (nSPS) is 26.9. The Balaban J connectivity index is 2.65. The molecule has 0 bridgehead atoms. The molecule has 0 aliphatic carbocycles. The largest absolute Gasteiger partial charge is 0.376 e. The summed E-state index contributed by atoms with van der Waals surface area (Å²) in [5.41, 5.74) is 1.25. The zero-order valence-electron chi connectivity index (χ0n) is 8.67. The fourth-order valence-corrected chi connectivity index (χ4v) is 1.82. The average Bonchev–Trinajstić information content (AvgIpc) is 2.00. The molecule has 0 amide bonds. The molecular weight excluding hydrogens is 148 g/mol. The molecule has 1 saturated heterocycles. The zero-order chi connectivity index (χ0) is 9.30. The maximum atomic E-state index is 4.09. The van der Waals surface area contributed by atoms with Crippen LogP contribution in [-0.4, -0.2) is 42.0 Å². The molecule has 2 heteroatoms.